The van der Waals surface area contributed by atoms with Crippen LogP contribution in [0.25, 0.3) is 11.0 Å². The summed E-state index contributed by atoms with van der Waals surface area (Å²) in [5.41, 5.74) is -0.492. The molecule has 51 heavy (non-hydrogen) atoms. The standard InChI is InChI=1S/C33H31BrCl2N6O9/c1-38-19-13-24(51-4)23(50-3)12-18(19)37-17(27(38)44)9-10-39-30(47)41-11-8-16-20(42(41)31(39)48)14-32(35)28(45)40(15-34)29(46)33(32,36)26(16)25-21(43)6-5-7-22(25)49-2/h5-8,12-13,20,26,43H,9-11,14-15H2,1-4H3/t20-,26-,32-,33+/m1/s1. The topological polar surface area (TPSA) is 169 Å². The van der Waals surface area contributed by atoms with Gasteiger partial charge in [0.1, 0.15) is 17.2 Å². The summed E-state index contributed by atoms with van der Waals surface area (Å²) in [6.07, 6.45) is 1.26. The van der Waals surface area contributed by atoms with E-state index in [1.54, 1.807) is 37.4 Å². The van der Waals surface area contributed by atoms with E-state index in [9.17, 15) is 29.1 Å². The maximum atomic E-state index is 14.2. The molecule has 1 saturated carbocycles. The molecule has 1 aliphatic carbocycles. The summed E-state index contributed by atoms with van der Waals surface area (Å²) in [6.45, 7) is -0.311. The van der Waals surface area contributed by atoms with Crippen molar-refractivity contribution in [3.05, 3.63) is 84.6 Å². The fourth-order valence-corrected chi connectivity index (χ4v) is 9.05. The minimum atomic E-state index is -2.14. The Morgan fingerprint density at radius 1 is 0.980 bits per heavy atom. The highest BCUT2D eigenvalue weighted by Crippen LogP contribution is 2.65. The number of rotatable bonds is 8. The number of alkyl halides is 3. The molecule has 3 aliphatic rings. The monoisotopic (exact) mass is 804 g/mol. The molecule has 268 valence electrons. The Bertz CT molecular complexity index is 2380. The van der Waals surface area contributed by atoms with Crippen LogP contribution in [-0.2, 0) is 36.1 Å². The van der Waals surface area contributed by atoms with E-state index in [1.165, 1.54) is 41.3 Å². The van der Waals surface area contributed by atoms with Gasteiger partial charge in [0, 0.05) is 50.0 Å². The van der Waals surface area contributed by atoms with Gasteiger partial charge in [-0.1, -0.05) is 28.1 Å². The van der Waals surface area contributed by atoms with Crippen molar-refractivity contribution in [2.75, 3.05) is 26.8 Å². The second-order valence-electron chi connectivity index (χ2n) is 12.4. The van der Waals surface area contributed by atoms with Gasteiger partial charge in [-0.25, -0.2) is 28.5 Å². The summed E-state index contributed by atoms with van der Waals surface area (Å²) >= 11 is 17.7. The van der Waals surface area contributed by atoms with Crippen LogP contribution >= 0.6 is 39.1 Å². The molecule has 2 fully saturated rings. The van der Waals surface area contributed by atoms with Gasteiger partial charge in [-0.3, -0.25) is 19.3 Å². The molecule has 4 atom stereocenters. The minimum Gasteiger partial charge on any atom is -0.508 e. The van der Waals surface area contributed by atoms with Gasteiger partial charge in [0.2, 0.25) is 0 Å². The zero-order valence-corrected chi connectivity index (χ0v) is 30.8. The number of amides is 2. The van der Waals surface area contributed by atoms with E-state index in [2.05, 4.69) is 20.9 Å². The number of phenols is 1. The van der Waals surface area contributed by atoms with Gasteiger partial charge in [-0.05, 0) is 17.7 Å². The predicted octanol–water partition coefficient (Wildman–Crippen LogP) is 2.38. The van der Waals surface area contributed by atoms with E-state index < -0.39 is 50.5 Å². The smallest absolute Gasteiger partial charge is 0.347 e. The van der Waals surface area contributed by atoms with Crippen LogP contribution in [0, 0.1) is 0 Å². The number of hydrogen-bond acceptors (Lipinski definition) is 10. The molecular weight excluding hydrogens is 775 g/mol. The van der Waals surface area contributed by atoms with E-state index >= 15 is 0 Å². The molecule has 0 radical (unpaired) electrons. The molecule has 0 bridgehead atoms. The van der Waals surface area contributed by atoms with Crippen molar-refractivity contribution in [1.82, 2.24) is 28.4 Å². The predicted molar refractivity (Wildman–Crippen MR) is 189 cm³/mol. The van der Waals surface area contributed by atoms with Crippen molar-refractivity contribution in [2.24, 2.45) is 7.05 Å². The third-order valence-corrected chi connectivity index (χ3v) is 12.0. The minimum absolute atomic E-state index is 0.0732. The molecule has 1 saturated heterocycles. The third kappa shape index (κ3) is 4.68. The first-order valence-corrected chi connectivity index (χ1v) is 17.6. The molecule has 0 spiro atoms. The van der Waals surface area contributed by atoms with E-state index in [4.69, 9.17) is 37.4 Å². The van der Waals surface area contributed by atoms with Crippen molar-refractivity contribution in [1.29, 1.82) is 0 Å². The largest absolute Gasteiger partial charge is 0.508 e. The molecule has 0 unspecified atom stereocenters. The van der Waals surface area contributed by atoms with Gasteiger partial charge in [0.05, 0.1) is 50.4 Å². The van der Waals surface area contributed by atoms with Gasteiger partial charge in [-0.2, -0.15) is 0 Å². The van der Waals surface area contributed by atoms with Crippen molar-refractivity contribution < 1.29 is 28.9 Å². The van der Waals surface area contributed by atoms with E-state index in [1.807, 2.05) is 0 Å². The van der Waals surface area contributed by atoms with Crippen LogP contribution in [0.3, 0.4) is 0 Å². The Morgan fingerprint density at radius 2 is 1.67 bits per heavy atom. The SMILES string of the molecule is COc1cc2nc(CCn3c(=O)n4n(c3=O)[C@@H]3C[C@@]5(Cl)C(=O)N(CBr)C(=O)[C@@]5(Cl)[C@@H](c5c(O)cccc5OC)C3=CC4)c(=O)n(C)c2cc1OC. The van der Waals surface area contributed by atoms with Crippen molar-refractivity contribution >= 4 is 62.0 Å². The number of methoxy groups -OCH3 is 3. The normalized spacial score (nSPS) is 23.9. The maximum Gasteiger partial charge on any atom is 0.347 e. The van der Waals surface area contributed by atoms with Gasteiger partial charge in [-0.15, -0.1) is 23.2 Å². The molecule has 2 aromatic carbocycles. The summed E-state index contributed by atoms with van der Waals surface area (Å²) < 4.78 is 21.1. The van der Waals surface area contributed by atoms with Crippen LogP contribution in [0.1, 0.15) is 29.6 Å². The number of nitrogens with zero attached hydrogens (tertiary/aromatic N) is 6. The maximum absolute atomic E-state index is 14.2. The molecule has 7 rings (SSSR count). The lowest BCUT2D eigenvalue weighted by Gasteiger charge is -2.49. The first-order chi connectivity index (χ1) is 24.3. The Morgan fingerprint density at radius 3 is 2.33 bits per heavy atom. The quantitative estimate of drug-likeness (QED) is 0.121. The number of phenolic OH excluding ortho intramolecular Hbond substituents is 1. The Balaban J connectivity index is 1.34. The fraction of sp³-hybridized carbons (Fsp3) is 0.394. The fourth-order valence-electron chi connectivity index (χ4n) is 7.66. The Hall–Kier alpha value is -4.54. The highest BCUT2D eigenvalue weighted by atomic mass is 79.9. The van der Waals surface area contributed by atoms with E-state index in [0.29, 0.717) is 28.1 Å². The molecule has 15 nitrogen and oxygen atoms in total. The van der Waals surface area contributed by atoms with Crippen LogP contribution in [0.5, 0.6) is 23.0 Å². The average molecular weight is 806 g/mol. The van der Waals surface area contributed by atoms with Crippen LogP contribution in [0.4, 0.5) is 0 Å². The van der Waals surface area contributed by atoms with Crippen LogP contribution in [0.2, 0.25) is 0 Å². The number of allylic oxidation sites excluding steroid dienone is 2. The van der Waals surface area contributed by atoms with Crippen molar-refractivity contribution in [2.45, 2.75) is 47.6 Å². The van der Waals surface area contributed by atoms with Crippen LogP contribution in [0.15, 0.2) is 56.4 Å². The summed E-state index contributed by atoms with van der Waals surface area (Å²) in [5.74, 6) is -2.11. The highest BCUT2D eigenvalue weighted by molar-refractivity contribution is 9.09. The number of imide groups is 1. The number of fused-ring (bicyclic) bond motifs is 5. The molecule has 18 heteroatoms. The number of halogens is 3. The van der Waals surface area contributed by atoms with Gasteiger partial charge in [0.25, 0.3) is 17.4 Å². The molecule has 1 N–H and O–H groups in total. The highest BCUT2D eigenvalue weighted by Gasteiger charge is 2.75. The molecule has 2 aromatic heterocycles. The Labute approximate surface area is 307 Å². The second-order valence-corrected chi connectivity index (χ2v) is 14.2. The first kappa shape index (κ1) is 34.9. The zero-order valence-electron chi connectivity index (χ0n) is 27.7. The summed E-state index contributed by atoms with van der Waals surface area (Å²) in [4.78, 5) is 70.5. The molecule has 2 aliphatic heterocycles. The van der Waals surface area contributed by atoms with Gasteiger partial charge < -0.3 is 23.9 Å². The number of aromatic nitrogens is 5. The molecule has 2 amide bonds. The number of carbonyl (C=O) groups excluding carboxylic acids is 2. The Kier molecular flexibility index (Phi) is 8.42. The van der Waals surface area contributed by atoms with E-state index in [-0.39, 0.29) is 54.1 Å². The number of carbonyl (C=O) groups is 2. The molecule has 4 heterocycles. The van der Waals surface area contributed by atoms with Gasteiger partial charge >= 0.3 is 11.4 Å². The average Bonchev–Trinajstić information content (AvgIpc) is 3.45. The summed E-state index contributed by atoms with van der Waals surface area (Å²) in [6, 6.07) is 6.73. The number of hydrogen-bond donors (Lipinski definition) is 1. The van der Waals surface area contributed by atoms with Crippen molar-refractivity contribution in [3.8, 4) is 23.0 Å². The lowest BCUT2D eigenvalue weighted by atomic mass is 9.64. The summed E-state index contributed by atoms with van der Waals surface area (Å²) in [7, 11) is 5.92. The lowest BCUT2D eigenvalue weighted by Crippen LogP contribution is -2.59. The molecular formula is C33H31BrCl2N6O9. The third-order valence-electron chi connectivity index (χ3n) is 10.1. The zero-order chi connectivity index (χ0) is 36.7. The number of aromatic hydroxyl groups is 1. The lowest BCUT2D eigenvalue weighted by molar-refractivity contribution is -0.138. The summed E-state index contributed by atoms with van der Waals surface area (Å²) in [5, 5.41) is 11.2. The molecule has 4 aromatic rings. The number of likely N-dealkylation sites (tertiary alicyclic amines) is 1. The van der Waals surface area contributed by atoms with Crippen LogP contribution < -0.4 is 31.1 Å². The van der Waals surface area contributed by atoms with E-state index in [0.717, 1.165) is 9.47 Å². The van der Waals surface area contributed by atoms with Crippen LogP contribution in [-0.4, -0.2) is 81.8 Å². The number of benzene rings is 2. The first-order valence-electron chi connectivity index (χ1n) is 15.7. The number of ether oxygens (including phenoxy) is 3. The van der Waals surface area contributed by atoms with Crippen molar-refractivity contribution in [3.63, 3.8) is 0 Å². The number of aryl methyl sites for hydroxylation is 2. The second kappa shape index (κ2) is 12.3. The van der Waals surface area contributed by atoms with Gasteiger partial charge in [0.15, 0.2) is 21.2 Å².